The highest BCUT2D eigenvalue weighted by Gasteiger charge is 2.28. The number of benzene rings is 1. The van der Waals surface area contributed by atoms with Crippen LogP contribution in [0.25, 0.3) is 0 Å². The van der Waals surface area contributed by atoms with E-state index in [4.69, 9.17) is 0 Å². The largest absolute Gasteiger partial charge is 0.353 e. The number of amides is 1. The Balaban J connectivity index is 0.00000272. The predicted octanol–water partition coefficient (Wildman–Crippen LogP) is 2.62. The van der Waals surface area contributed by atoms with Crippen LogP contribution in [0, 0.1) is 13.8 Å². The van der Waals surface area contributed by atoms with E-state index in [2.05, 4.69) is 22.9 Å². The van der Waals surface area contributed by atoms with Gasteiger partial charge in [0.1, 0.15) is 5.82 Å². The fourth-order valence-corrected chi connectivity index (χ4v) is 5.67. The summed E-state index contributed by atoms with van der Waals surface area (Å²) in [5.74, 6) is 1.24. The number of piperazine rings is 1. The monoisotopic (exact) mass is 464 g/mol. The lowest BCUT2D eigenvalue weighted by atomic mass is 10.1. The zero-order valence-electron chi connectivity index (χ0n) is 18.0. The van der Waals surface area contributed by atoms with Gasteiger partial charge in [-0.2, -0.15) is 4.31 Å². The van der Waals surface area contributed by atoms with Gasteiger partial charge in [-0.3, -0.25) is 4.79 Å². The minimum atomic E-state index is -3.11. The van der Waals surface area contributed by atoms with Crippen molar-refractivity contribution in [2.75, 3.05) is 43.4 Å². The van der Waals surface area contributed by atoms with E-state index in [1.807, 2.05) is 30.2 Å². The van der Waals surface area contributed by atoms with Gasteiger partial charge >= 0.3 is 0 Å². The third-order valence-electron chi connectivity index (χ3n) is 5.82. The molecule has 4 rings (SSSR count). The Labute approximate surface area is 190 Å². The summed E-state index contributed by atoms with van der Waals surface area (Å²) in [5.41, 5.74) is 3.85. The number of anilines is 1. The van der Waals surface area contributed by atoms with Crippen molar-refractivity contribution in [1.29, 1.82) is 0 Å². The van der Waals surface area contributed by atoms with Crippen molar-refractivity contribution in [3.63, 3.8) is 0 Å². The molecule has 0 aliphatic carbocycles. The zero-order valence-corrected chi connectivity index (χ0v) is 19.6. The summed E-state index contributed by atoms with van der Waals surface area (Å²) in [4.78, 5) is 21.6. The molecule has 2 fully saturated rings. The average Bonchev–Trinajstić information content (AvgIpc) is 3.06. The SMILES string of the molecule is Cc1cnc(N2CCN(C(=O)c3ccc(CN4CCCS4(=O)=O)cc3)CC2)c(C)c1.Cl. The molecule has 1 aromatic carbocycles. The molecular formula is C22H29ClN4O3S. The molecule has 0 bridgehead atoms. The Bertz CT molecular complexity index is 1040. The van der Waals surface area contributed by atoms with Crippen LogP contribution in [0.15, 0.2) is 36.5 Å². The van der Waals surface area contributed by atoms with E-state index in [9.17, 15) is 13.2 Å². The molecule has 2 saturated heterocycles. The molecule has 31 heavy (non-hydrogen) atoms. The lowest BCUT2D eigenvalue weighted by Crippen LogP contribution is -2.49. The fraction of sp³-hybridized carbons (Fsp3) is 0.455. The second kappa shape index (κ2) is 9.54. The molecule has 1 amide bonds. The average molecular weight is 465 g/mol. The minimum Gasteiger partial charge on any atom is -0.353 e. The van der Waals surface area contributed by atoms with Crippen LogP contribution in [-0.4, -0.2) is 67.0 Å². The van der Waals surface area contributed by atoms with Crippen LogP contribution in [0.3, 0.4) is 0 Å². The van der Waals surface area contributed by atoms with Crippen LogP contribution >= 0.6 is 12.4 Å². The maximum Gasteiger partial charge on any atom is 0.253 e. The minimum absolute atomic E-state index is 0. The number of carbonyl (C=O) groups excluding carboxylic acids is 1. The van der Waals surface area contributed by atoms with Gasteiger partial charge in [-0.15, -0.1) is 12.4 Å². The molecule has 2 aliphatic heterocycles. The Hall–Kier alpha value is -2.16. The van der Waals surface area contributed by atoms with E-state index in [0.717, 1.165) is 35.6 Å². The molecule has 0 N–H and O–H groups in total. The molecule has 3 heterocycles. The lowest BCUT2D eigenvalue weighted by Gasteiger charge is -2.36. The summed E-state index contributed by atoms with van der Waals surface area (Å²) in [5, 5.41) is 0. The van der Waals surface area contributed by atoms with Gasteiger partial charge in [0.05, 0.1) is 5.75 Å². The van der Waals surface area contributed by atoms with Crippen molar-refractivity contribution in [2.24, 2.45) is 0 Å². The second-order valence-electron chi connectivity index (χ2n) is 8.13. The molecular weight excluding hydrogens is 436 g/mol. The predicted molar refractivity (Wildman–Crippen MR) is 124 cm³/mol. The van der Waals surface area contributed by atoms with Crippen molar-refractivity contribution in [3.8, 4) is 0 Å². The second-order valence-corrected chi connectivity index (χ2v) is 10.2. The number of aromatic nitrogens is 1. The van der Waals surface area contributed by atoms with Crippen molar-refractivity contribution in [3.05, 3.63) is 58.8 Å². The van der Waals surface area contributed by atoms with Crippen LogP contribution < -0.4 is 4.90 Å². The van der Waals surface area contributed by atoms with Crippen molar-refractivity contribution in [1.82, 2.24) is 14.2 Å². The van der Waals surface area contributed by atoms with Crippen LogP contribution in [0.1, 0.15) is 33.5 Å². The molecule has 2 aromatic rings. The highest BCUT2D eigenvalue weighted by molar-refractivity contribution is 7.89. The zero-order chi connectivity index (χ0) is 21.3. The van der Waals surface area contributed by atoms with E-state index in [0.29, 0.717) is 38.2 Å². The topological polar surface area (TPSA) is 73.8 Å². The Morgan fingerprint density at radius 2 is 1.71 bits per heavy atom. The molecule has 168 valence electrons. The maximum absolute atomic E-state index is 12.9. The highest BCUT2D eigenvalue weighted by Crippen LogP contribution is 2.21. The number of carbonyl (C=O) groups is 1. The third kappa shape index (κ3) is 5.19. The van der Waals surface area contributed by atoms with E-state index < -0.39 is 10.0 Å². The van der Waals surface area contributed by atoms with E-state index in [1.165, 1.54) is 4.31 Å². The molecule has 0 atom stereocenters. The Kier molecular flexibility index (Phi) is 7.24. The summed E-state index contributed by atoms with van der Waals surface area (Å²) < 4.78 is 25.5. The van der Waals surface area contributed by atoms with Crippen LogP contribution in [0.4, 0.5) is 5.82 Å². The number of halogens is 1. The van der Waals surface area contributed by atoms with Gasteiger partial charge in [-0.05, 0) is 49.1 Å². The van der Waals surface area contributed by atoms with Gasteiger partial charge in [0, 0.05) is 51.0 Å². The van der Waals surface area contributed by atoms with Crippen molar-refractivity contribution >= 4 is 34.2 Å². The first kappa shape index (κ1) is 23.5. The Morgan fingerprint density at radius 1 is 1.03 bits per heavy atom. The summed E-state index contributed by atoms with van der Waals surface area (Å²) >= 11 is 0. The van der Waals surface area contributed by atoms with Gasteiger partial charge in [0.2, 0.25) is 10.0 Å². The maximum atomic E-state index is 12.9. The number of hydrogen-bond acceptors (Lipinski definition) is 5. The van der Waals surface area contributed by atoms with E-state index >= 15 is 0 Å². The van der Waals surface area contributed by atoms with Crippen molar-refractivity contribution < 1.29 is 13.2 Å². The molecule has 0 saturated carbocycles. The number of hydrogen-bond donors (Lipinski definition) is 0. The highest BCUT2D eigenvalue weighted by atomic mass is 35.5. The molecule has 0 unspecified atom stereocenters. The van der Waals surface area contributed by atoms with Crippen LogP contribution in [0.5, 0.6) is 0 Å². The first-order valence-corrected chi connectivity index (χ1v) is 12.0. The standard InChI is InChI=1S/C22H28N4O3S.ClH/c1-17-14-18(2)21(23-15-17)24-9-11-25(12-10-24)22(27)20-6-4-19(5-7-20)16-26-8-3-13-30(26,28)29;/h4-7,14-15H,3,8-13,16H2,1-2H3;1H. The number of pyridine rings is 1. The van der Waals surface area contributed by atoms with Gasteiger partial charge in [0.25, 0.3) is 5.91 Å². The van der Waals surface area contributed by atoms with Crippen LogP contribution in [-0.2, 0) is 16.6 Å². The quantitative estimate of drug-likeness (QED) is 0.695. The van der Waals surface area contributed by atoms with E-state index in [-0.39, 0.29) is 24.1 Å². The number of aryl methyl sites for hydroxylation is 2. The molecule has 7 nitrogen and oxygen atoms in total. The summed E-state index contributed by atoms with van der Waals surface area (Å²) in [7, 11) is -3.11. The first-order valence-electron chi connectivity index (χ1n) is 10.4. The van der Waals surface area contributed by atoms with Crippen molar-refractivity contribution in [2.45, 2.75) is 26.8 Å². The van der Waals surface area contributed by atoms with Gasteiger partial charge in [-0.1, -0.05) is 18.2 Å². The van der Waals surface area contributed by atoms with Gasteiger partial charge < -0.3 is 9.80 Å². The summed E-state index contributed by atoms with van der Waals surface area (Å²) in [6, 6.07) is 9.46. The normalized spacial score (nSPS) is 18.6. The molecule has 9 heteroatoms. The summed E-state index contributed by atoms with van der Waals surface area (Å²) in [6.45, 7) is 7.88. The number of nitrogens with zero attached hydrogens (tertiary/aromatic N) is 4. The molecule has 0 radical (unpaired) electrons. The molecule has 0 spiro atoms. The number of rotatable bonds is 4. The van der Waals surface area contributed by atoms with Crippen LogP contribution in [0.2, 0.25) is 0 Å². The third-order valence-corrected chi connectivity index (χ3v) is 7.72. The molecule has 2 aliphatic rings. The van der Waals surface area contributed by atoms with Gasteiger partial charge in [-0.25, -0.2) is 13.4 Å². The summed E-state index contributed by atoms with van der Waals surface area (Å²) in [6.07, 6.45) is 2.57. The first-order chi connectivity index (χ1) is 14.3. The fourth-order valence-electron chi connectivity index (χ4n) is 4.17. The van der Waals surface area contributed by atoms with E-state index in [1.54, 1.807) is 12.1 Å². The number of sulfonamides is 1. The smallest absolute Gasteiger partial charge is 0.253 e. The van der Waals surface area contributed by atoms with Gasteiger partial charge in [0.15, 0.2) is 0 Å². The molecule has 1 aromatic heterocycles. The Morgan fingerprint density at radius 3 is 2.29 bits per heavy atom. The lowest BCUT2D eigenvalue weighted by molar-refractivity contribution is 0.0746.